The van der Waals surface area contributed by atoms with Crippen molar-refractivity contribution in [2.24, 2.45) is 0 Å². The molecule has 27 heavy (non-hydrogen) atoms. The molecule has 1 aliphatic rings. The third kappa shape index (κ3) is 4.40. The smallest absolute Gasteiger partial charge is 0.251 e. The lowest BCUT2D eigenvalue weighted by Crippen LogP contribution is -2.50. The Kier molecular flexibility index (Phi) is 6.30. The first kappa shape index (κ1) is 20.0. The Hall–Kier alpha value is -1.75. The number of piperidine rings is 1. The number of nitrogens with two attached hydrogens (primary N) is 1. The SMILES string of the molecule is CC1CCCC(C(NC(=O)c2cc(Cl)c(N)c(Cl)c2)c2ccccc2)N1C. The molecule has 2 aromatic carbocycles. The first-order valence-corrected chi connectivity index (χ1v) is 9.96. The summed E-state index contributed by atoms with van der Waals surface area (Å²) in [7, 11) is 2.13. The molecule has 1 amide bonds. The Morgan fingerprint density at radius 3 is 2.44 bits per heavy atom. The Balaban J connectivity index is 1.91. The molecule has 0 spiro atoms. The van der Waals surface area contributed by atoms with Gasteiger partial charge in [-0.05, 0) is 44.5 Å². The van der Waals surface area contributed by atoms with Crippen molar-refractivity contribution in [1.82, 2.24) is 10.2 Å². The predicted octanol–water partition coefficient (Wildman–Crippen LogP) is 4.92. The highest BCUT2D eigenvalue weighted by atomic mass is 35.5. The average Bonchev–Trinajstić information content (AvgIpc) is 2.66. The lowest BCUT2D eigenvalue weighted by atomic mass is 9.88. The predicted molar refractivity (Wildman–Crippen MR) is 112 cm³/mol. The van der Waals surface area contributed by atoms with Crippen molar-refractivity contribution in [2.45, 2.75) is 44.3 Å². The van der Waals surface area contributed by atoms with Gasteiger partial charge in [-0.3, -0.25) is 9.69 Å². The Labute approximate surface area is 170 Å². The Morgan fingerprint density at radius 1 is 1.19 bits per heavy atom. The molecule has 1 fully saturated rings. The molecular weight excluding hydrogens is 381 g/mol. The molecular formula is C21H25Cl2N3O. The summed E-state index contributed by atoms with van der Waals surface area (Å²) in [6.07, 6.45) is 3.35. The molecule has 6 heteroatoms. The number of amides is 1. The van der Waals surface area contributed by atoms with E-state index in [0.717, 1.165) is 18.4 Å². The number of carbonyl (C=O) groups excluding carboxylic acids is 1. The van der Waals surface area contributed by atoms with Crippen LogP contribution in [0.2, 0.25) is 10.0 Å². The van der Waals surface area contributed by atoms with Crippen LogP contribution in [0.1, 0.15) is 48.1 Å². The molecule has 1 aliphatic heterocycles. The van der Waals surface area contributed by atoms with Gasteiger partial charge >= 0.3 is 0 Å². The first-order valence-electron chi connectivity index (χ1n) is 9.20. The largest absolute Gasteiger partial charge is 0.396 e. The van der Waals surface area contributed by atoms with E-state index in [1.165, 1.54) is 6.42 Å². The van der Waals surface area contributed by atoms with Crippen molar-refractivity contribution in [3.63, 3.8) is 0 Å². The molecule has 0 bridgehead atoms. The fourth-order valence-corrected chi connectivity index (χ4v) is 4.25. The van der Waals surface area contributed by atoms with Crippen LogP contribution in [0.25, 0.3) is 0 Å². The summed E-state index contributed by atoms with van der Waals surface area (Å²) < 4.78 is 0. The number of benzene rings is 2. The van der Waals surface area contributed by atoms with Crippen LogP contribution in [-0.4, -0.2) is 29.9 Å². The topological polar surface area (TPSA) is 58.4 Å². The number of likely N-dealkylation sites (tertiary alicyclic amines) is 1. The molecule has 0 aliphatic carbocycles. The van der Waals surface area contributed by atoms with Gasteiger partial charge in [-0.1, -0.05) is 60.0 Å². The number of nitrogens with one attached hydrogen (secondary N) is 1. The van der Waals surface area contributed by atoms with E-state index in [4.69, 9.17) is 28.9 Å². The van der Waals surface area contributed by atoms with E-state index in [9.17, 15) is 4.79 Å². The number of carbonyl (C=O) groups is 1. The molecule has 1 heterocycles. The van der Waals surface area contributed by atoms with E-state index < -0.39 is 0 Å². The van der Waals surface area contributed by atoms with Gasteiger partial charge in [0.2, 0.25) is 0 Å². The Morgan fingerprint density at radius 2 is 1.81 bits per heavy atom. The fraction of sp³-hybridized carbons (Fsp3) is 0.381. The lowest BCUT2D eigenvalue weighted by Gasteiger charge is -2.42. The zero-order chi connectivity index (χ0) is 19.6. The van der Waals surface area contributed by atoms with Crippen molar-refractivity contribution in [1.29, 1.82) is 0 Å². The standard InChI is InChI=1S/C21H25Cl2N3O/c1-13-7-6-10-18(26(13)2)20(14-8-4-3-5-9-14)25-21(27)15-11-16(22)19(24)17(23)12-15/h3-5,8-9,11-13,18,20H,6-7,10,24H2,1-2H3,(H,25,27). The van der Waals surface area contributed by atoms with E-state index >= 15 is 0 Å². The van der Waals surface area contributed by atoms with Crippen molar-refractivity contribution in [2.75, 3.05) is 12.8 Å². The number of anilines is 1. The van der Waals surface area contributed by atoms with Gasteiger partial charge < -0.3 is 11.1 Å². The molecule has 0 aromatic heterocycles. The molecule has 1 saturated heterocycles. The van der Waals surface area contributed by atoms with E-state index in [1.807, 2.05) is 18.2 Å². The Bertz CT molecular complexity index is 789. The molecule has 3 atom stereocenters. The maximum Gasteiger partial charge on any atom is 0.251 e. The molecule has 3 unspecified atom stereocenters. The molecule has 0 radical (unpaired) electrons. The van der Waals surface area contributed by atoms with Crippen LogP contribution in [0.4, 0.5) is 5.69 Å². The van der Waals surface area contributed by atoms with Crippen LogP contribution in [0.5, 0.6) is 0 Å². The molecule has 0 saturated carbocycles. The van der Waals surface area contributed by atoms with Gasteiger partial charge in [-0.2, -0.15) is 0 Å². The first-order chi connectivity index (χ1) is 12.9. The summed E-state index contributed by atoms with van der Waals surface area (Å²) in [6, 6.07) is 13.8. The summed E-state index contributed by atoms with van der Waals surface area (Å²) in [4.78, 5) is 15.4. The van der Waals surface area contributed by atoms with Crippen LogP contribution in [0, 0.1) is 0 Å². The maximum absolute atomic E-state index is 13.0. The van der Waals surface area contributed by atoms with Crippen LogP contribution >= 0.6 is 23.2 Å². The number of rotatable bonds is 4. The number of nitrogens with zero attached hydrogens (tertiary/aromatic N) is 1. The van der Waals surface area contributed by atoms with Crippen LogP contribution in [0.15, 0.2) is 42.5 Å². The van der Waals surface area contributed by atoms with Gasteiger partial charge in [-0.25, -0.2) is 0 Å². The van der Waals surface area contributed by atoms with E-state index in [0.29, 0.717) is 11.6 Å². The highest BCUT2D eigenvalue weighted by Gasteiger charge is 2.33. The second kappa shape index (κ2) is 8.51. The van der Waals surface area contributed by atoms with Crippen molar-refractivity contribution < 1.29 is 4.79 Å². The third-order valence-corrected chi connectivity index (χ3v) is 6.14. The second-order valence-electron chi connectivity index (χ2n) is 7.23. The number of halogens is 2. The molecule has 3 N–H and O–H groups in total. The van der Waals surface area contributed by atoms with Crippen molar-refractivity contribution >= 4 is 34.8 Å². The molecule has 3 rings (SSSR count). The summed E-state index contributed by atoms with van der Waals surface area (Å²) in [5.74, 6) is -0.209. The van der Waals surface area contributed by atoms with Gasteiger partial charge in [-0.15, -0.1) is 0 Å². The maximum atomic E-state index is 13.0. The van der Waals surface area contributed by atoms with Crippen LogP contribution in [-0.2, 0) is 0 Å². The summed E-state index contributed by atoms with van der Waals surface area (Å²) in [5.41, 5.74) is 7.58. The van der Waals surface area contributed by atoms with Crippen molar-refractivity contribution in [3.05, 3.63) is 63.6 Å². The summed E-state index contributed by atoms with van der Waals surface area (Å²) in [5, 5.41) is 3.77. The minimum atomic E-state index is -0.209. The minimum Gasteiger partial charge on any atom is -0.396 e. The zero-order valence-electron chi connectivity index (χ0n) is 15.6. The second-order valence-corrected chi connectivity index (χ2v) is 8.04. The van der Waals surface area contributed by atoms with Crippen LogP contribution < -0.4 is 11.1 Å². The lowest BCUT2D eigenvalue weighted by molar-refractivity contribution is 0.0771. The third-order valence-electron chi connectivity index (χ3n) is 5.51. The number of nitrogen functional groups attached to an aromatic ring is 1. The van der Waals surface area contributed by atoms with Gasteiger partial charge in [0.25, 0.3) is 5.91 Å². The van der Waals surface area contributed by atoms with E-state index in [-0.39, 0.29) is 33.7 Å². The molecule has 144 valence electrons. The van der Waals surface area contributed by atoms with E-state index in [1.54, 1.807) is 12.1 Å². The van der Waals surface area contributed by atoms with Crippen LogP contribution in [0.3, 0.4) is 0 Å². The number of hydrogen-bond acceptors (Lipinski definition) is 3. The molecule has 2 aromatic rings. The number of likely N-dealkylation sites (N-methyl/N-ethyl adjacent to an activating group) is 1. The normalized spacial score (nSPS) is 21.6. The average molecular weight is 406 g/mol. The number of hydrogen-bond donors (Lipinski definition) is 2. The minimum absolute atomic E-state index is 0.124. The van der Waals surface area contributed by atoms with Gasteiger partial charge in [0.05, 0.1) is 21.8 Å². The van der Waals surface area contributed by atoms with Gasteiger partial charge in [0, 0.05) is 17.6 Å². The van der Waals surface area contributed by atoms with Gasteiger partial charge in [0.1, 0.15) is 0 Å². The molecule has 4 nitrogen and oxygen atoms in total. The van der Waals surface area contributed by atoms with E-state index in [2.05, 4.69) is 36.3 Å². The quantitative estimate of drug-likeness (QED) is 0.709. The monoisotopic (exact) mass is 405 g/mol. The highest BCUT2D eigenvalue weighted by molar-refractivity contribution is 6.39. The summed E-state index contributed by atoms with van der Waals surface area (Å²) >= 11 is 12.2. The highest BCUT2D eigenvalue weighted by Crippen LogP contribution is 2.32. The van der Waals surface area contributed by atoms with Gasteiger partial charge in [0.15, 0.2) is 0 Å². The fourth-order valence-electron chi connectivity index (χ4n) is 3.76. The summed E-state index contributed by atoms with van der Waals surface area (Å²) in [6.45, 7) is 2.23. The zero-order valence-corrected chi connectivity index (χ0v) is 17.1. The van der Waals surface area contributed by atoms with Crippen molar-refractivity contribution in [3.8, 4) is 0 Å².